The molecule has 0 radical (unpaired) electrons. The van der Waals surface area contributed by atoms with Gasteiger partial charge in [-0.1, -0.05) is 194 Å². The molecule has 2 aromatic heterocycles. The van der Waals surface area contributed by atoms with Gasteiger partial charge >= 0.3 is 0 Å². The van der Waals surface area contributed by atoms with Gasteiger partial charge in [0.05, 0.1) is 16.7 Å². The van der Waals surface area contributed by atoms with Crippen molar-refractivity contribution in [1.29, 1.82) is 0 Å². The van der Waals surface area contributed by atoms with Crippen LogP contribution in [0.3, 0.4) is 0 Å². The zero-order chi connectivity index (χ0) is 39.1. The van der Waals surface area contributed by atoms with E-state index in [0.717, 1.165) is 61.2 Å². The van der Waals surface area contributed by atoms with Gasteiger partial charge in [0, 0.05) is 27.5 Å². The van der Waals surface area contributed by atoms with E-state index in [1.54, 1.807) is 0 Å². The topological polar surface area (TPSA) is 43.6 Å². The number of benzene rings is 9. The lowest BCUT2D eigenvalue weighted by molar-refractivity contribution is 1.06. The molecule has 59 heavy (non-hydrogen) atoms. The lowest BCUT2D eigenvalue weighted by Crippen LogP contribution is -2.04. The van der Waals surface area contributed by atoms with Gasteiger partial charge in [-0.15, -0.1) is 0 Å². The highest BCUT2D eigenvalue weighted by molar-refractivity contribution is 6.10. The third-order valence-corrected chi connectivity index (χ3v) is 11.3. The van der Waals surface area contributed by atoms with Crippen molar-refractivity contribution in [1.82, 2.24) is 19.5 Å². The Morgan fingerprint density at radius 1 is 0.271 bits per heavy atom. The first-order valence-corrected chi connectivity index (χ1v) is 19.9. The molecule has 0 spiro atoms. The van der Waals surface area contributed by atoms with Gasteiger partial charge < -0.3 is 4.57 Å². The molecule has 0 atom stereocenters. The number of fused-ring (bicyclic) bond motifs is 4. The standard InChI is InChI=1S/C55H36N4/c1-3-14-37(15-4-1)39-26-30-42(31-27-39)53-56-54(43-32-28-40(29-33-43)38-16-5-2-6-17-38)58-55(57-53)49-35-34-44(46-23-13-19-41-18-7-8-20-45(41)46)36-52(49)59-50-24-11-9-21-47(50)48-22-10-12-25-51(48)59/h1-36H. The Labute approximate surface area is 342 Å². The van der Waals surface area contributed by atoms with E-state index < -0.39 is 0 Å². The first-order chi connectivity index (χ1) is 29.2. The van der Waals surface area contributed by atoms with Crippen molar-refractivity contribution in [3.63, 3.8) is 0 Å². The number of hydrogen-bond donors (Lipinski definition) is 0. The van der Waals surface area contributed by atoms with Crippen LogP contribution in [0.2, 0.25) is 0 Å². The Kier molecular flexibility index (Phi) is 8.45. The Balaban J connectivity index is 1.15. The zero-order valence-corrected chi connectivity index (χ0v) is 32.1. The van der Waals surface area contributed by atoms with Crippen LogP contribution in [0.5, 0.6) is 0 Å². The highest BCUT2D eigenvalue weighted by Gasteiger charge is 2.21. The van der Waals surface area contributed by atoms with Crippen LogP contribution < -0.4 is 0 Å². The molecule has 0 saturated heterocycles. The molecule has 0 aliphatic rings. The van der Waals surface area contributed by atoms with Crippen LogP contribution in [0.25, 0.3) is 106 Å². The van der Waals surface area contributed by atoms with Crippen LogP contribution in [0.15, 0.2) is 218 Å². The average molecular weight is 753 g/mol. The number of para-hydroxylation sites is 2. The quantitative estimate of drug-likeness (QED) is 0.163. The summed E-state index contributed by atoms with van der Waals surface area (Å²) in [4.78, 5) is 15.8. The highest BCUT2D eigenvalue weighted by Crippen LogP contribution is 2.39. The molecule has 9 aromatic carbocycles. The first-order valence-electron chi connectivity index (χ1n) is 19.9. The molecule has 4 nitrogen and oxygen atoms in total. The number of rotatable bonds is 7. The minimum atomic E-state index is 0.602. The van der Waals surface area contributed by atoms with Crippen molar-refractivity contribution in [2.24, 2.45) is 0 Å². The molecule has 0 saturated carbocycles. The first kappa shape index (κ1) is 34.3. The van der Waals surface area contributed by atoms with Gasteiger partial charge in [-0.3, -0.25) is 0 Å². The molecule has 0 aliphatic heterocycles. The molecular formula is C55H36N4. The molecule has 0 aliphatic carbocycles. The second-order valence-electron chi connectivity index (χ2n) is 14.8. The van der Waals surface area contributed by atoms with E-state index in [9.17, 15) is 0 Å². The molecule has 2 heterocycles. The molecule has 0 N–H and O–H groups in total. The summed E-state index contributed by atoms with van der Waals surface area (Å²) in [5.74, 6) is 1.83. The van der Waals surface area contributed by atoms with Crippen molar-refractivity contribution < 1.29 is 0 Å². The van der Waals surface area contributed by atoms with Crippen molar-refractivity contribution in [3.8, 4) is 73.2 Å². The molecule has 0 bridgehead atoms. The molecule has 0 amide bonds. The fourth-order valence-electron chi connectivity index (χ4n) is 8.37. The summed E-state index contributed by atoms with van der Waals surface area (Å²) < 4.78 is 2.38. The minimum Gasteiger partial charge on any atom is -0.308 e. The Hall–Kier alpha value is -7.95. The summed E-state index contributed by atoms with van der Waals surface area (Å²) in [5.41, 5.74) is 12.9. The lowest BCUT2D eigenvalue weighted by atomic mass is 9.96. The van der Waals surface area contributed by atoms with Gasteiger partial charge in [-0.2, -0.15) is 0 Å². The second-order valence-corrected chi connectivity index (χ2v) is 14.8. The lowest BCUT2D eigenvalue weighted by Gasteiger charge is -2.17. The summed E-state index contributed by atoms with van der Waals surface area (Å²) in [6.07, 6.45) is 0. The van der Waals surface area contributed by atoms with Gasteiger partial charge in [0.1, 0.15) is 0 Å². The predicted molar refractivity (Wildman–Crippen MR) is 244 cm³/mol. The average Bonchev–Trinajstić information content (AvgIpc) is 3.66. The van der Waals surface area contributed by atoms with E-state index in [1.165, 1.54) is 27.1 Å². The number of aromatic nitrogens is 4. The van der Waals surface area contributed by atoms with Crippen molar-refractivity contribution >= 4 is 32.6 Å². The van der Waals surface area contributed by atoms with Crippen LogP contribution in [0.1, 0.15) is 0 Å². The van der Waals surface area contributed by atoms with E-state index in [2.05, 4.69) is 211 Å². The van der Waals surface area contributed by atoms with Gasteiger partial charge in [0.2, 0.25) is 0 Å². The second kappa shape index (κ2) is 14.5. The monoisotopic (exact) mass is 752 g/mol. The Morgan fingerprint density at radius 3 is 1.27 bits per heavy atom. The maximum Gasteiger partial charge on any atom is 0.166 e. The Bertz CT molecular complexity index is 3140. The number of nitrogens with zero attached hydrogens (tertiary/aromatic N) is 4. The van der Waals surface area contributed by atoms with E-state index in [0.29, 0.717) is 17.5 Å². The maximum absolute atomic E-state index is 5.31. The molecule has 0 fully saturated rings. The van der Waals surface area contributed by atoms with Crippen LogP contribution in [0, 0.1) is 0 Å². The fraction of sp³-hybridized carbons (Fsp3) is 0. The Morgan fingerprint density at radius 2 is 0.695 bits per heavy atom. The summed E-state index contributed by atoms with van der Waals surface area (Å²) in [7, 11) is 0. The predicted octanol–water partition coefficient (Wildman–Crippen LogP) is 14.1. The molecule has 4 heteroatoms. The van der Waals surface area contributed by atoms with Gasteiger partial charge in [-0.25, -0.2) is 15.0 Å². The molecule has 11 rings (SSSR count). The molecule has 0 unspecified atom stereocenters. The van der Waals surface area contributed by atoms with Crippen molar-refractivity contribution in [2.75, 3.05) is 0 Å². The van der Waals surface area contributed by atoms with Crippen LogP contribution in [0.4, 0.5) is 0 Å². The summed E-state index contributed by atoms with van der Waals surface area (Å²) >= 11 is 0. The summed E-state index contributed by atoms with van der Waals surface area (Å²) in [6.45, 7) is 0. The van der Waals surface area contributed by atoms with Gasteiger partial charge in [0.25, 0.3) is 0 Å². The van der Waals surface area contributed by atoms with Gasteiger partial charge in [-0.05, 0) is 68.4 Å². The normalized spacial score (nSPS) is 11.4. The molecule has 11 aromatic rings. The van der Waals surface area contributed by atoms with Crippen molar-refractivity contribution in [3.05, 3.63) is 218 Å². The summed E-state index contributed by atoms with van der Waals surface area (Å²) in [6, 6.07) is 77.0. The maximum atomic E-state index is 5.31. The van der Waals surface area contributed by atoms with E-state index in [4.69, 9.17) is 15.0 Å². The van der Waals surface area contributed by atoms with Gasteiger partial charge in [0.15, 0.2) is 17.5 Å². The smallest absolute Gasteiger partial charge is 0.166 e. The van der Waals surface area contributed by atoms with Crippen LogP contribution in [-0.4, -0.2) is 19.5 Å². The largest absolute Gasteiger partial charge is 0.308 e. The van der Waals surface area contributed by atoms with Crippen LogP contribution >= 0.6 is 0 Å². The zero-order valence-electron chi connectivity index (χ0n) is 32.1. The SMILES string of the molecule is c1ccc(-c2ccc(-c3nc(-c4ccc(-c5ccccc5)cc4)nc(-c4ccc(-c5cccc6ccccc56)cc4-n4c5ccccc5c5ccccc54)n3)cc2)cc1. The van der Waals surface area contributed by atoms with E-state index in [1.807, 2.05) is 12.1 Å². The fourth-order valence-corrected chi connectivity index (χ4v) is 8.37. The van der Waals surface area contributed by atoms with Crippen molar-refractivity contribution in [2.45, 2.75) is 0 Å². The van der Waals surface area contributed by atoms with Crippen LogP contribution in [-0.2, 0) is 0 Å². The number of hydrogen-bond acceptors (Lipinski definition) is 3. The molecular weight excluding hydrogens is 717 g/mol. The summed E-state index contributed by atoms with van der Waals surface area (Å²) in [5, 5.41) is 4.80. The third-order valence-electron chi connectivity index (χ3n) is 11.3. The van der Waals surface area contributed by atoms with E-state index in [-0.39, 0.29) is 0 Å². The third kappa shape index (κ3) is 6.24. The highest BCUT2D eigenvalue weighted by atomic mass is 15.1. The van der Waals surface area contributed by atoms with E-state index >= 15 is 0 Å². The minimum absolute atomic E-state index is 0.602. The molecule has 276 valence electrons.